The SMILES string of the molecule is Cc1ccc(C(O)c2cnns2)c(F)c1F. The minimum Gasteiger partial charge on any atom is -0.383 e. The Kier molecular flexibility index (Phi) is 2.93. The summed E-state index contributed by atoms with van der Waals surface area (Å²) < 4.78 is 30.4. The van der Waals surface area contributed by atoms with Crippen LogP contribution in [0, 0.1) is 18.6 Å². The summed E-state index contributed by atoms with van der Waals surface area (Å²) in [6.07, 6.45) is 0.0992. The number of hydrogen-bond acceptors (Lipinski definition) is 4. The molecule has 0 amide bonds. The van der Waals surface area contributed by atoms with Crippen LogP contribution in [-0.4, -0.2) is 14.7 Å². The summed E-state index contributed by atoms with van der Waals surface area (Å²) in [5, 5.41) is 13.3. The van der Waals surface area contributed by atoms with Gasteiger partial charge in [-0.15, -0.1) is 5.10 Å². The van der Waals surface area contributed by atoms with Gasteiger partial charge in [-0.1, -0.05) is 16.6 Å². The summed E-state index contributed by atoms with van der Waals surface area (Å²) in [5.41, 5.74) is 0.102. The molecule has 2 aromatic rings. The first-order valence-electron chi connectivity index (χ1n) is 4.51. The van der Waals surface area contributed by atoms with Crippen LogP contribution >= 0.6 is 11.5 Å². The second kappa shape index (κ2) is 4.23. The van der Waals surface area contributed by atoms with Gasteiger partial charge in [-0.3, -0.25) is 0 Å². The molecule has 16 heavy (non-hydrogen) atoms. The molecule has 0 radical (unpaired) electrons. The monoisotopic (exact) mass is 242 g/mol. The van der Waals surface area contributed by atoms with Gasteiger partial charge in [-0.2, -0.15) is 0 Å². The normalized spacial score (nSPS) is 12.8. The Morgan fingerprint density at radius 3 is 2.69 bits per heavy atom. The average molecular weight is 242 g/mol. The number of nitrogens with zero attached hydrogens (tertiary/aromatic N) is 2. The van der Waals surface area contributed by atoms with Crippen LogP contribution in [0.25, 0.3) is 0 Å². The van der Waals surface area contributed by atoms with Crippen LogP contribution in [0.2, 0.25) is 0 Å². The van der Waals surface area contributed by atoms with Crippen molar-refractivity contribution in [2.45, 2.75) is 13.0 Å². The molecule has 2 rings (SSSR count). The third-order valence-electron chi connectivity index (χ3n) is 2.25. The zero-order chi connectivity index (χ0) is 11.7. The largest absolute Gasteiger partial charge is 0.383 e. The Hall–Kier alpha value is -1.40. The van der Waals surface area contributed by atoms with Crippen LogP contribution in [0.5, 0.6) is 0 Å². The van der Waals surface area contributed by atoms with E-state index < -0.39 is 17.7 Å². The molecule has 6 heteroatoms. The fraction of sp³-hybridized carbons (Fsp3) is 0.200. The molecule has 0 saturated heterocycles. The smallest absolute Gasteiger partial charge is 0.165 e. The van der Waals surface area contributed by atoms with Gasteiger partial charge in [0, 0.05) is 5.56 Å². The highest BCUT2D eigenvalue weighted by Crippen LogP contribution is 2.27. The van der Waals surface area contributed by atoms with Gasteiger partial charge >= 0.3 is 0 Å². The molecule has 0 spiro atoms. The highest BCUT2D eigenvalue weighted by atomic mass is 32.1. The van der Waals surface area contributed by atoms with Crippen molar-refractivity contribution in [3.8, 4) is 0 Å². The molecule has 0 aliphatic heterocycles. The third-order valence-corrected chi connectivity index (χ3v) is 2.96. The number of halogens is 2. The number of benzene rings is 1. The first-order chi connectivity index (χ1) is 7.61. The van der Waals surface area contributed by atoms with Crippen molar-refractivity contribution in [3.63, 3.8) is 0 Å². The Labute approximate surface area is 94.5 Å². The van der Waals surface area contributed by atoms with Crippen molar-refractivity contribution >= 4 is 11.5 Å². The van der Waals surface area contributed by atoms with E-state index in [4.69, 9.17) is 0 Å². The lowest BCUT2D eigenvalue weighted by molar-refractivity contribution is 0.216. The number of aromatic nitrogens is 2. The van der Waals surface area contributed by atoms with Gasteiger partial charge in [0.25, 0.3) is 0 Å². The summed E-state index contributed by atoms with van der Waals surface area (Å²) in [7, 11) is 0. The maximum absolute atomic E-state index is 13.5. The maximum Gasteiger partial charge on any atom is 0.165 e. The van der Waals surface area contributed by atoms with Crippen molar-refractivity contribution in [2.24, 2.45) is 0 Å². The van der Waals surface area contributed by atoms with E-state index in [9.17, 15) is 13.9 Å². The molecule has 0 aliphatic carbocycles. The molecule has 1 aromatic heterocycles. The number of aliphatic hydroxyl groups excluding tert-OH is 1. The van der Waals surface area contributed by atoms with E-state index in [-0.39, 0.29) is 11.1 Å². The minimum absolute atomic E-state index is 0.103. The Balaban J connectivity index is 2.45. The zero-order valence-electron chi connectivity index (χ0n) is 8.32. The van der Waals surface area contributed by atoms with Crippen LogP contribution in [0.3, 0.4) is 0 Å². The van der Waals surface area contributed by atoms with Gasteiger partial charge in [-0.05, 0) is 24.0 Å². The zero-order valence-corrected chi connectivity index (χ0v) is 9.13. The molecule has 1 unspecified atom stereocenters. The van der Waals surface area contributed by atoms with E-state index in [1.54, 1.807) is 0 Å². The van der Waals surface area contributed by atoms with Gasteiger partial charge < -0.3 is 5.11 Å². The Morgan fingerprint density at radius 2 is 2.06 bits per heavy atom. The summed E-state index contributed by atoms with van der Waals surface area (Å²) in [4.78, 5) is 0.377. The average Bonchev–Trinajstić information content (AvgIpc) is 2.79. The van der Waals surface area contributed by atoms with E-state index in [1.165, 1.54) is 25.3 Å². The maximum atomic E-state index is 13.5. The molecular weight excluding hydrogens is 234 g/mol. The molecule has 1 heterocycles. The summed E-state index contributed by atoms with van der Waals surface area (Å²) in [5.74, 6) is -1.96. The summed E-state index contributed by atoms with van der Waals surface area (Å²) in [6.45, 7) is 1.46. The fourth-order valence-electron chi connectivity index (χ4n) is 1.32. The van der Waals surface area contributed by atoms with Crippen LogP contribution in [0.15, 0.2) is 18.3 Å². The third kappa shape index (κ3) is 1.81. The number of rotatable bonds is 2. The van der Waals surface area contributed by atoms with Crippen LogP contribution < -0.4 is 0 Å². The molecule has 1 atom stereocenters. The number of aryl methyl sites for hydroxylation is 1. The Morgan fingerprint density at radius 1 is 1.31 bits per heavy atom. The number of hydrogen-bond donors (Lipinski definition) is 1. The van der Waals surface area contributed by atoms with Crippen molar-refractivity contribution in [1.29, 1.82) is 0 Å². The number of aliphatic hydroxyl groups is 1. The van der Waals surface area contributed by atoms with E-state index in [1.807, 2.05) is 0 Å². The molecule has 3 nitrogen and oxygen atoms in total. The molecule has 1 N–H and O–H groups in total. The van der Waals surface area contributed by atoms with Crippen molar-refractivity contribution in [3.05, 3.63) is 46.0 Å². The second-order valence-corrected chi connectivity index (χ2v) is 4.14. The van der Waals surface area contributed by atoms with E-state index in [0.29, 0.717) is 4.88 Å². The van der Waals surface area contributed by atoms with Gasteiger partial charge in [0.2, 0.25) is 0 Å². The predicted octanol–water partition coefficient (Wildman–Crippen LogP) is 2.21. The van der Waals surface area contributed by atoms with Gasteiger partial charge in [0.05, 0.1) is 11.1 Å². The van der Waals surface area contributed by atoms with Gasteiger partial charge in [0.1, 0.15) is 6.10 Å². The Bertz CT molecular complexity index is 502. The van der Waals surface area contributed by atoms with Gasteiger partial charge in [0.15, 0.2) is 11.6 Å². The van der Waals surface area contributed by atoms with Crippen molar-refractivity contribution in [1.82, 2.24) is 9.59 Å². The molecular formula is C10H8F2N2OS. The second-order valence-electron chi connectivity index (χ2n) is 3.32. The lowest BCUT2D eigenvalue weighted by Gasteiger charge is -2.10. The lowest BCUT2D eigenvalue weighted by atomic mass is 10.1. The first-order valence-corrected chi connectivity index (χ1v) is 5.28. The topological polar surface area (TPSA) is 46.0 Å². The summed E-state index contributed by atoms with van der Waals surface area (Å²) in [6, 6.07) is 2.78. The van der Waals surface area contributed by atoms with E-state index >= 15 is 0 Å². The summed E-state index contributed by atoms with van der Waals surface area (Å²) >= 11 is 0.944. The van der Waals surface area contributed by atoms with E-state index in [0.717, 1.165) is 11.5 Å². The van der Waals surface area contributed by atoms with Crippen molar-refractivity contribution < 1.29 is 13.9 Å². The minimum atomic E-state index is -1.23. The van der Waals surface area contributed by atoms with Crippen molar-refractivity contribution in [2.75, 3.05) is 0 Å². The van der Waals surface area contributed by atoms with Crippen LogP contribution in [-0.2, 0) is 0 Å². The van der Waals surface area contributed by atoms with E-state index in [2.05, 4.69) is 9.59 Å². The van der Waals surface area contributed by atoms with Crippen LogP contribution in [0.4, 0.5) is 8.78 Å². The molecule has 1 aromatic carbocycles. The lowest BCUT2D eigenvalue weighted by Crippen LogP contribution is -2.03. The molecule has 0 fully saturated rings. The predicted molar refractivity (Wildman–Crippen MR) is 55.1 cm³/mol. The highest BCUT2D eigenvalue weighted by Gasteiger charge is 2.20. The first kappa shape index (κ1) is 11.1. The standard InChI is InChI=1S/C10H8F2N2OS/c1-5-2-3-6(9(12)8(5)11)10(15)7-4-13-14-16-7/h2-4,10,15H,1H3. The highest BCUT2D eigenvalue weighted by molar-refractivity contribution is 7.05. The fourth-order valence-corrected chi connectivity index (χ4v) is 1.83. The van der Waals surface area contributed by atoms with Gasteiger partial charge in [-0.25, -0.2) is 8.78 Å². The molecule has 0 saturated carbocycles. The molecule has 84 valence electrons. The van der Waals surface area contributed by atoms with Crippen LogP contribution in [0.1, 0.15) is 22.1 Å². The molecule has 0 aliphatic rings. The molecule has 0 bridgehead atoms. The quantitative estimate of drug-likeness (QED) is 0.878.